The lowest BCUT2D eigenvalue weighted by Crippen LogP contribution is -2.21. The van der Waals surface area contributed by atoms with Gasteiger partial charge in [0.2, 0.25) is 0 Å². The van der Waals surface area contributed by atoms with Crippen LogP contribution in [0.2, 0.25) is 0 Å². The topological polar surface area (TPSA) is 109 Å². The van der Waals surface area contributed by atoms with Gasteiger partial charge < -0.3 is 9.52 Å². The summed E-state index contributed by atoms with van der Waals surface area (Å²) in [5.41, 5.74) is 2.68. The highest BCUT2D eigenvalue weighted by Crippen LogP contribution is 2.34. The van der Waals surface area contributed by atoms with Crippen molar-refractivity contribution < 1.29 is 19.2 Å². The third-order valence-corrected chi connectivity index (χ3v) is 4.71. The van der Waals surface area contributed by atoms with Crippen LogP contribution in [0.15, 0.2) is 69.7 Å². The summed E-state index contributed by atoms with van der Waals surface area (Å²) in [6, 6.07) is 14.3. The zero-order valence-corrected chi connectivity index (χ0v) is 16.2. The van der Waals surface area contributed by atoms with Gasteiger partial charge in [-0.25, -0.2) is 0 Å². The molecule has 8 heteroatoms. The minimum absolute atomic E-state index is 0.144. The highest BCUT2D eigenvalue weighted by Gasteiger charge is 2.29. The minimum atomic E-state index is -0.550. The number of amides is 1. The van der Waals surface area contributed by atoms with Gasteiger partial charge in [-0.3, -0.25) is 14.9 Å². The largest absolute Gasteiger partial charge is 0.507 e. The van der Waals surface area contributed by atoms with Gasteiger partial charge in [-0.2, -0.15) is 10.1 Å². The van der Waals surface area contributed by atoms with Crippen LogP contribution in [0.25, 0.3) is 17.4 Å². The van der Waals surface area contributed by atoms with Crippen molar-refractivity contribution in [3.05, 3.63) is 81.6 Å². The Labute approximate surface area is 171 Å². The van der Waals surface area contributed by atoms with E-state index in [-0.39, 0.29) is 28.7 Å². The van der Waals surface area contributed by atoms with Crippen molar-refractivity contribution in [2.75, 3.05) is 5.01 Å². The Morgan fingerprint density at radius 2 is 1.83 bits per heavy atom. The van der Waals surface area contributed by atoms with Gasteiger partial charge >= 0.3 is 0 Å². The van der Waals surface area contributed by atoms with Gasteiger partial charge in [0, 0.05) is 12.1 Å². The fourth-order valence-electron chi connectivity index (χ4n) is 3.10. The van der Waals surface area contributed by atoms with Crippen molar-refractivity contribution in [2.24, 2.45) is 5.10 Å². The Bertz CT molecular complexity index is 1220. The minimum Gasteiger partial charge on any atom is -0.507 e. The van der Waals surface area contributed by atoms with Gasteiger partial charge in [0.1, 0.15) is 17.3 Å². The number of hydrazone groups is 1. The first-order chi connectivity index (χ1) is 14.3. The fraction of sp³-hybridized carbons (Fsp3) is 0.0909. The van der Waals surface area contributed by atoms with Gasteiger partial charge in [0.25, 0.3) is 11.6 Å². The molecular formula is C22H17N3O5. The molecule has 0 radical (unpaired) electrons. The second-order valence-electron chi connectivity index (χ2n) is 6.86. The van der Waals surface area contributed by atoms with Gasteiger partial charge in [-0.15, -0.1) is 0 Å². The highest BCUT2D eigenvalue weighted by molar-refractivity contribution is 6.32. The number of aryl methyl sites for hydroxylation is 1. The van der Waals surface area contributed by atoms with E-state index in [1.54, 1.807) is 25.1 Å². The molecule has 0 fully saturated rings. The monoisotopic (exact) mass is 403 g/mol. The lowest BCUT2D eigenvalue weighted by Gasteiger charge is -2.11. The van der Waals surface area contributed by atoms with Crippen molar-refractivity contribution in [3.8, 4) is 17.1 Å². The Hall–Kier alpha value is -4.20. The number of carbonyl (C=O) groups is 1. The molecule has 0 atom stereocenters. The van der Waals surface area contributed by atoms with Crippen LogP contribution in [0, 0.1) is 17.0 Å². The maximum atomic E-state index is 12.8. The van der Waals surface area contributed by atoms with Crippen LogP contribution >= 0.6 is 0 Å². The maximum Gasteiger partial charge on any atom is 0.280 e. The van der Waals surface area contributed by atoms with E-state index in [2.05, 4.69) is 5.10 Å². The fourth-order valence-corrected chi connectivity index (χ4v) is 3.10. The molecule has 1 amide bonds. The van der Waals surface area contributed by atoms with Crippen LogP contribution in [0.5, 0.6) is 5.75 Å². The number of nitro benzene ring substituents is 1. The van der Waals surface area contributed by atoms with Crippen molar-refractivity contribution in [1.29, 1.82) is 0 Å². The first-order valence-electron chi connectivity index (χ1n) is 9.09. The number of nitrogens with zero attached hydrogens (tertiary/aromatic N) is 3. The summed E-state index contributed by atoms with van der Waals surface area (Å²) in [5.74, 6) is 0.180. The molecule has 1 aromatic heterocycles. The zero-order valence-electron chi connectivity index (χ0n) is 16.2. The van der Waals surface area contributed by atoms with E-state index in [1.165, 1.54) is 23.2 Å². The number of phenolic OH excluding ortho intramolecular Hbond substituents is 1. The highest BCUT2D eigenvalue weighted by atomic mass is 16.6. The molecule has 0 unspecified atom stereocenters. The molecule has 0 spiro atoms. The first kappa shape index (κ1) is 19.1. The number of benzene rings is 2. The molecular weight excluding hydrogens is 386 g/mol. The summed E-state index contributed by atoms with van der Waals surface area (Å²) < 4.78 is 5.72. The molecule has 8 nitrogen and oxygen atoms in total. The zero-order chi connectivity index (χ0) is 21.4. The Morgan fingerprint density at radius 3 is 2.53 bits per heavy atom. The molecule has 30 heavy (non-hydrogen) atoms. The first-order valence-corrected chi connectivity index (χ1v) is 9.09. The van der Waals surface area contributed by atoms with Gasteiger partial charge in [0.05, 0.1) is 27.5 Å². The van der Waals surface area contributed by atoms with Crippen LogP contribution in [0.4, 0.5) is 11.4 Å². The summed E-state index contributed by atoms with van der Waals surface area (Å²) >= 11 is 0. The third-order valence-electron chi connectivity index (χ3n) is 4.71. The predicted octanol–water partition coefficient (Wildman–Crippen LogP) is 4.67. The number of hydrogen-bond acceptors (Lipinski definition) is 6. The van der Waals surface area contributed by atoms with Crippen LogP contribution in [-0.2, 0) is 4.79 Å². The van der Waals surface area contributed by atoms with Crippen molar-refractivity contribution in [1.82, 2.24) is 0 Å². The number of hydrogen-bond donors (Lipinski definition) is 1. The molecule has 1 aliphatic heterocycles. The molecule has 4 rings (SSSR count). The lowest BCUT2D eigenvalue weighted by atomic mass is 10.1. The Kier molecular flexibility index (Phi) is 4.67. The predicted molar refractivity (Wildman–Crippen MR) is 112 cm³/mol. The van der Waals surface area contributed by atoms with Crippen molar-refractivity contribution in [2.45, 2.75) is 13.8 Å². The number of non-ortho nitro benzene ring substituents is 1. The van der Waals surface area contributed by atoms with Crippen LogP contribution in [0.1, 0.15) is 18.2 Å². The van der Waals surface area contributed by atoms with E-state index >= 15 is 0 Å². The van der Waals surface area contributed by atoms with Crippen LogP contribution < -0.4 is 5.01 Å². The molecule has 2 heterocycles. The normalized spacial score (nSPS) is 15.0. The second-order valence-corrected chi connectivity index (χ2v) is 6.86. The number of carbonyl (C=O) groups excluding carboxylic acids is 1. The number of aromatic hydroxyl groups is 1. The average Bonchev–Trinajstić information content (AvgIpc) is 3.29. The summed E-state index contributed by atoms with van der Waals surface area (Å²) in [4.78, 5) is 23.3. The molecule has 1 N–H and O–H groups in total. The molecule has 0 saturated heterocycles. The number of furan rings is 1. The molecule has 2 aromatic carbocycles. The van der Waals surface area contributed by atoms with Crippen LogP contribution in [0.3, 0.4) is 0 Å². The second kappa shape index (κ2) is 7.32. The summed E-state index contributed by atoms with van der Waals surface area (Å²) in [7, 11) is 0. The van der Waals surface area contributed by atoms with Gasteiger partial charge in [-0.05, 0) is 50.3 Å². The van der Waals surface area contributed by atoms with Gasteiger partial charge in [-0.1, -0.05) is 17.7 Å². The number of rotatable bonds is 4. The van der Waals surface area contributed by atoms with Crippen molar-refractivity contribution in [3.63, 3.8) is 0 Å². The van der Waals surface area contributed by atoms with E-state index in [0.717, 1.165) is 5.56 Å². The quantitative estimate of drug-likeness (QED) is 0.387. The van der Waals surface area contributed by atoms with E-state index in [0.29, 0.717) is 22.7 Å². The standard InChI is InChI=1S/C22H17N3O5/c1-13-3-5-15(6-4-13)24-22(27)18(14(2)23-24)12-17-8-10-21(30-17)19-11-16(25(28)29)7-9-20(19)26/h3-12,26H,1-2H3/b18-12+. The van der Waals surface area contributed by atoms with Crippen molar-refractivity contribution >= 4 is 29.1 Å². The molecule has 0 aliphatic carbocycles. The molecule has 0 saturated carbocycles. The van der Waals surface area contributed by atoms with E-state index in [9.17, 15) is 20.0 Å². The summed E-state index contributed by atoms with van der Waals surface area (Å²) in [6.45, 7) is 3.69. The van der Waals surface area contributed by atoms with E-state index in [1.807, 2.05) is 31.2 Å². The third kappa shape index (κ3) is 3.46. The maximum absolute atomic E-state index is 12.8. The number of nitro groups is 1. The SMILES string of the molecule is CC1=NN(c2ccc(C)cc2)C(=O)/C1=C/c1ccc(-c2cc([N+](=O)[O-])ccc2O)o1. The molecule has 0 bridgehead atoms. The Morgan fingerprint density at radius 1 is 1.10 bits per heavy atom. The summed E-state index contributed by atoms with van der Waals surface area (Å²) in [5, 5.41) is 26.7. The van der Waals surface area contributed by atoms with E-state index in [4.69, 9.17) is 4.42 Å². The smallest absolute Gasteiger partial charge is 0.280 e. The number of phenols is 1. The number of anilines is 1. The average molecular weight is 403 g/mol. The molecule has 3 aromatic rings. The lowest BCUT2D eigenvalue weighted by molar-refractivity contribution is -0.384. The van der Waals surface area contributed by atoms with Gasteiger partial charge in [0.15, 0.2) is 0 Å². The molecule has 150 valence electrons. The molecule has 1 aliphatic rings. The summed E-state index contributed by atoms with van der Waals surface area (Å²) in [6.07, 6.45) is 1.56. The van der Waals surface area contributed by atoms with E-state index < -0.39 is 4.92 Å². The Balaban J connectivity index is 1.64. The van der Waals surface area contributed by atoms with Crippen LogP contribution in [-0.4, -0.2) is 21.6 Å².